The van der Waals surface area contributed by atoms with E-state index in [-0.39, 0.29) is 0 Å². The maximum atomic E-state index is 5.47. The summed E-state index contributed by atoms with van der Waals surface area (Å²) in [5.74, 6) is 1.00. The van der Waals surface area contributed by atoms with Crippen LogP contribution in [-0.2, 0) is 0 Å². The Labute approximate surface area is 131 Å². The average molecular weight is 291 g/mol. The van der Waals surface area contributed by atoms with Gasteiger partial charge in [-0.1, -0.05) is 58.1 Å². The zero-order chi connectivity index (χ0) is 15.5. The van der Waals surface area contributed by atoms with Gasteiger partial charge in [0.25, 0.3) is 0 Å². The van der Waals surface area contributed by atoms with Crippen molar-refractivity contribution in [3.05, 3.63) is 29.3 Å². The van der Waals surface area contributed by atoms with Crippen LogP contribution in [0, 0.1) is 6.92 Å². The molecule has 0 aliphatic carbocycles. The molecule has 1 N–H and O–H groups in total. The summed E-state index contributed by atoms with van der Waals surface area (Å²) in [5.41, 5.74) is 2.57. The van der Waals surface area contributed by atoms with E-state index in [1.165, 1.54) is 56.1 Å². The number of nitrogens with one attached hydrogen (secondary N) is 1. The lowest BCUT2D eigenvalue weighted by molar-refractivity contribution is 0.408. The molecular weight excluding hydrogens is 258 g/mol. The molecule has 0 spiro atoms. The predicted molar refractivity (Wildman–Crippen MR) is 92.1 cm³/mol. The molecule has 2 heteroatoms. The third-order valence-corrected chi connectivity index (χ3v) is 4.07. The van der Waals surface area contributed by atoms with Crippen molar-refractivity contribution < 1.29 is 4.74 Å². The third-order valence-electron chi connectivity index (χ3n) is 4.07. The van der Waals surface area contributed by atoms with E-state index in [4.69, 9.17) is 4.74 Å². The van der Waals surface area contributed by atoms with Crippen LogP contribution in [0.1, 0.15) is 76.0 Å². The second kappa shape index (κ2) is 10.7. The fourth-order valence-electron chi connectivity index (χ4n) is 2.71. The molecule has 0 fully saturated rings. The Hall–Kier alpha value is -1.02. The molecule has 0 amide bonds. The zero-order valence-electron chi connectivity index (χ0n) is 14.4. The molecular formula is C19H33NO. The maximum absolute atomic E-state index is 5.47. The normalized spacial score (nSPS) is 12.4. The Morgan fingerprint density at radius 2 is 1.81 bits per heavy atom. The minimum atomic E-state index is 0.459. The Balaban J connectivity index is 2.63. The lowest BCUT2D eigenvalue weighted by atomic mass is 9.98. The second-order valence-electron chi connectivity index (χ2n) is 5.94. The highest BCUT2D eigenvalue weighted by molar-refractivity contribution is 5.37. The average Bonchev–Trinajstić information content (AvgIpc) is 2.51. The first-order valence-corrected chi connectivity index (χ1v) is 8.60. The highest BCUT2D eigenvalue weighted by Crippen LogP contribution is 2.26. The van der Waals surface area contributed by atoms with Crippen molar-refractivity contribution in [2.45, 2.75) is 71.8 Å². The highest BCUT2D eigenvalue weighted by atomic mass is 16.5. The third kappa shape index (κ3) is 6.52. The van der Waals surface area contributed by atoms with Crippen molar-refractivity contribution in [2.75, 3.05) is 13.7 Å². The van der Waals surface area contributed by atoms with Crippen LogP contribution >= 0.6 is 0 Å². The first-order chi connectivity index (χ1) is 10.2. The molecule has 2 nitrogen and oxygen atoms in total. The molecule has 1 unspecified atom stereocenters. The highest BCUT2D eigenvalue weighted by Gasteiger charge is 2.12. The quantitative estimate of drug-likeness (QED) is 0.551. The van der Waals surface area contributed by atoms with Crippen molar-refractivity contribution in [1.29, 1.82) is 0 Å². The van der Waals surface area contributed by atoms with Gasteiger partial charge in [0.1, 0.15) is 5.75 Å². The van der Waals surface area contributed by atoms with Crippen molar-refractivity contribution >= 4 is 0 Å². The van der Waals surface area contributed by atoms with Gasteiger partial charge in [-0.05, 0) is 43.5 Å². The van der Waals surface area contributed by atoms with Crippen LogP contribution in [-0.4, -0.2) is 13.7 Å². The minimum absolute atomic E-state index is 0.459. The van der Waals surface area contributed by atoms with Crippen molar-refractivity contribution in [3.63, 3.8) is 0 Å². The first kappa shape index (κ1) is 18.0. The molecule has 0 bridgehead atoms. The van der Waals surface area contributed by atoms with E-state index in [9.17, 15) is 0 Å². The monoisotopic (exact) mass is 291 g/mol. The van der Waals surface area contributed by atoms with Crippen LogP contribution < -0.4 is 10.1 Å². The number of methoxy groups -OCH3 is 1. The fraction of sp³-hybridized carbons (Fsp3) is 0.684. The summed E-state index contributed by atoms with van der Waals surface area (Å²) in [4.78, 5) is 0. The molecule has 0 aromatic heterocycles. The predicted octanol–water partition coefficient (Wildman–Crippen LogP) is 5.40. The molecule has 0 radical (unpaired) electrons. The molecule has 0 heterocycles. The van der Waals surface area contributed by atoms with Crippen molar-refractivity contribution in [2.24, 2.45) is 0 Å². The number of unbranched alkanes of at least 4 members (excludes halogenated alkanes) is 4. The Morgan fingerprint density at radius 3 is 2.48 bits per heavy atom. The molecule has 1 rings (SSSR count). The standard InChI is InChI=1S/C19H33NO/c1-5-7-8-9-10-11-18(20-14-6-2)17-13-12-16(3)19(15-17)21-4/h12-13,15,18,20H,5-11,14H2,1-4H3. The van der Waals surface area contributed by atoms with E-state index in [0.29, 0.717) is 6.04 Å². The van der Waals surface area contributed by atoms with Gasteiger partial charge in [0.05, 0.1) is 7.11 Å². The first-order valence-electron chi connectivity index (χ1n) is 8.60. The zero-order valence-corrected chi connectivity index (χ0v) is 14.4. The van der Waals surface area contributed by atoms with E-state index in [1.807, 2.05) is 0 Å². The molecule has 0 saturated carbocycles. The summed E-state index contributed by atoms with van der Waals surface area (Å²) >= 11 is 0. The molecule has 1 atom stereocenters. The summed E-state index contributed by atoms with van der Waals surface area (Å²) in [5, 5.41) is 3.69. The summed E-state index contributed by atoms with van der Waals surface area (Å²) < 4.78 is 5.47. The summed E-state index contributed by atoms with van der Waals surface area (Å²) in [6.07, 6.45) is 9.09. The largest absolute Gasteiger partial charge is 0.496 e. The summed E-state index contributed by atoms with van der Waals surface area (Å²) in [7, 11) is 1.76. The van der Waals surface area contributed by atoms with Gasteiger partial charge in [-0.2, -0.15) is 0 Å². The summed E-state index contributed by atoms with van der Waals surface area (Å²) in [6, 6.07) is 7.08. The number of rotatable bonds is 11. The van der Waals surface area contributed by atoms with Gasteiger partial charge in [0, 0.05) is 6.04 Å². The van der Waals surface area contributed by atoms with E-state index in [1.54, 1.807) is 7.11 Å². The van der Waals surface area contributed by atoms with Gasteiger partial charge in [-0.3, -0.25) is 0 Å². The molecule has 0 saturated heterocycles. The molecule has 0 aliphatic rings. The van der Waals surface area contributed by atoms with Gasteiger partial charge in [0.15, 0.2) is 0 Å². The van der Waals surface area contributed by atoms with Crippen molar-refractivity contribution in [1.82, 2.24) is 5.32 Å². The van der Waals surface area contributed by atoms with E-state index >= 15 is 0 Å². The smallest absolute Gasteiger partial charge is 0.122 e. The van der Waals surface area contributed by atoms with Crippen LogP contribution in [0.3, 0.4) is 0 Å². The fourth-order valence-corrected chi connectivity index (χ4v) is 2.71. The summed E-state index contributed by atoms with van der Waals surface area (Å²) in [6.45, 7) is 7.67. The Kier molecular flexibility index (Phi) is 9.16. The lowest BCUT2D eigenvalue weighted by Crippen LogP contribution is -2.22. The van der Waals surface area contributed by atoms with E-state index in [0.717, 1.165) is 12.3 Å². The van der Waals surface area contributed by atoms with Crippen LogP contribution in [0.2, 0.25) is 0 Å². The Morgan fingerprint density at radius 1 is 1.05 bits per heavy atom. The maximum Gasteiger partial charge on any atom is 0.122 e. The molecule has 0 aliphatic heterocycles. The Bertz CT molecular complexity index is 389. The van der Waals surface area contributed by atoms with Crippen LogP contribution in [0.15, 0.2) is 18.2 Å². The number of hydrogen-bond acceptors (Lipinski definition) is 2. The number of hydrogen-bond donors (Lipinski definition) is 1. The second-order valence-corrected chi connectivity index (χ2v) is 5.94. The van der Waals surface area contributed by atoms with Gasteiger partial charge >= 0.3 is 0 Å². The number of ether oxygens (including phenoxy) is 1. The van der Waals surface area contributed by atoms with Crippen LogP contribution in [0.25, 0.3) is 0 Å². The van der Waals surface area contributed by atoms with Crippen LogP contribution in [0.4, 0.5) is 0 Å². The lowest BCUT2D eigenvalue weighted by Gasteiger charge is -2.20. The molecule has 1 aromatic carbocycles. The SMILES string of the molecule is CCCCCCCC(NCCC)c1ccc(C)c(OC)c1. The minimum Gasteiger partial charge on any atom is -0.496 e. The molecule has 1 aromatic rings. The van der Waals surface area contributed by atoms with Gasteiger partial charge < -0.3 is 10.1 Å². The van der Waals surface area contributed by atoms with Gasteiger partial charge in [0.2, 0.25) is 0 Å². The van der Waals surface area contributed by atoms with Crippen molar-refractivity contribution in [3.8, 4) is 5.75 Å². The van der Waals surface area contributed by atoms with Crippen LogP contribution in [0.5, 0.6) is 5.75 Å². The topological polar surface area (TPSA) is 21.3 Å². The number of aryl methyl sites for hydroxylation is 1. The molecule has 120 valence electrons. The van der Waals surface area contributed by atoms with E-state index in [2.05, 4.69) is 44.3 Å². The van der Waals surface area contributed by atoms with Gasteiger partial charge in [-0.15, -0.1) is 0 Å². The van der Waals surface area contributed by atoms with E-state index < -0.39 is 0 Å². The number of benzene rings is 1. The molecule has 21 heavy (non-hydrogen) atoms. The van der Waals surface area contributed by atoms with Gasteiger partial charge in [-0.25, -0.2) is 0 Å².